The average molecular weight is 339 g/mol. The fourth-order valence-electron chi connectivity index (χ4n) is 2.18. The van der Waals surface area contributed by atoms with E-state index < -0.39 is 0 Å². The van der Waals surface area contributed by atoms with Gasteiger partial charge in [-0.2, -0.15) is 5.10 Å². The topological polar surface area (TPSA) is 67.5 Å². The van der Waals surface area contributed by atoms with E-state index in [1.54, 1.807) is 0 Å². The molecule has 24 heavy (non-hydrogen) atoms. The van der Waals surface area contributed by atoms with E-state index in [0.717, 1.165) is 28.8 Å². The van der Waals surface area contributed by atoms with Crippen LogP contribution in [0.4, 0.5) is 0 Å². The Kier molecular flexibility index (Phi) is 5.28. The number of thioether (sulfide) groups is 1. The first-order valence-electron chi connectivity index (χ1n) is 7.65. The smallest absolute Gasteiger partial charge is 0.257 e. The maximum absolute atomic E-state index is 12.0. The van der Waals surface area contributed by atoms with Crippen LogP contribution in [-0.4, -0.2) is 22.4 Å². The van der Waals surface area contributed by atoms with Gasteiger partial charge in [-0.15, -0.1) is 0 Å². The van der Waals surface area contributed by atoms with Crippen LogP contribution in [0.15, 0.2) is 69.3 Å². The number of hydrogen-bond acceptors (Lipinski definition) is 5. The molecule has 0 fully saturated rings. The van der Waals surface area contributed by atoms with Crippen LogP contribution in [0.2, 0.25) is 0 Å². The molecule has 0 saturated carbocycles. The molecule has 3 rings (SSSR count). The number of benzene rings is 2. The normalized spacial score (nSPS) is 11.6. The summed E-state index contributed by atoms with van der Waals surface area (Å²) in [6.07, 6.45) is 0.739. The van der Waals surface area contributed by atoms with Gasteiger partial charge >= 0.3 is 0 Å². The lowest BCUT2D eigenvalue weighted by molar-refractivity contribution is -0.118. The fraction of sp³-hybridized carbons (Fsp3) is 0.167. The Morgan fingerprint density at radius 1 is 1.17 bits per heavy atom. The van der Waals surface area contributed by atoms with E-state index in [1.807, 2.05) is 61.5 Å². The number of carbonyl (C=O) groups is 1. The SMILES string of the molecule is CC/C(=N/NC(=O)CSc1nc2ccccc2o1)c1ccccc1. The van der Waals surface area contributed by atoms with Crippen molar-refractivity contribution in [1.82, 2.24) is 10.4 Å². The number of hydrazone groups is 1. The highest BCUT2D eigenvalue weighted by Crippen LogP contribution is 2.22. The number of rotatable bonds is 6. The van der Waals surface area contributed by atoms with Crippen molar-refractivity contribution >= 4 is 34.5 Å². The predicted molar refractivity (Wildman–Crippen MR) is 96.1 cm³/mol. The van der Waals surface area contributed by atoms with Crippen LogP contribution in [0, 0.1) is 0 Å². The van der Waals surface area contributed by atoms with E-state index in [0.29, 0.717) is 5.22 Å². The van der Waals surface area contributed by atoms with Crippen molar-refractivity contribution in [2.75, 3.05) is 5.75 Å². The van der Waals surface area contributed by atoms with Gasteiger partial charge in [-0.3, -0.25) is 4.79 Å². The molecule has 1 aromatic heterocycles. The van der Waals surface area contributed by atoms with Crippen LogP contribution >= 0.6 is 11.8 Å². The summed E-state index contributed by atoms with van der Waals surface area (Å²) in [5.74, 6) is 0.00592. The minimum atomic E-state index is -0.191. The van der Waals surface area contributed by atoms with Crippen molar-refractivity contribution in [2.24, 2.45) is 5.10 Å². The summed E-state index contributed by atoms with van der Waals surface area (Å²) in [6.45, 7) is 2.01. The first-order valence-corrected chi connectivity index (χ1v) is 8.64. The summed E-state index contributed by atoms with van der Waals surface area (Å²) in [7, 11) is 0. The maximum atomic E-state index is 12.0. The van der Waals surface area contributed by atoms with Gasteiger partial charge in [0.2, 0.25) is 0 Å². The van der Waals surface area contributed by atoms with E-state index in [4.69, 9.17) is 4.42 Å². The van der Waals surface area contributed by atoms with Gasteiger partial charge in [-0.1, -0.05) is 61.2 Å². The second kappa shape index (κ2) is 7.79. The van der Waals surface area contributed by atoms with Crippen molar-refractivity contribution < 1.29 is 9.21 Å². The fourth-order valence-corrected chi connectivity index (χ4v) is 2.81. The molecule has 122 valence electrons. The number of aromatic nitrogens is 1. The summed E-state index contributed by atoms with van der Waals surface area (Å²) in [5, 5.41) is 4.70. The van der Waals surface area contributed by atoms with Gasteiger partial charge in [0, 0.05) is 0 Å². The molecule has 0 bridgehead atoms. The van der Waals surface area contributed by atoms with Crippen molar-refractivity contribution in [3.05, 3.63) is 60.2 Å². The Labute approximate surface area is 144 Å². The molecule has 0 aliphatic heterocycles. The number of carbonyl (C=O) groups excluding carboxylic acids is 1. The van der Waals surface area contributed by atoms with Crippen LogP contribution in [0.25, 0.3) is 11.1 Å². The molecular formula is C18H17N3O2S. The first kappa shape index (κ1) is 16.3. The Morgan fingerprint density at radius 3 is 2.67 bits per heavy atom. The van der Waals surface area contributed by atoms with Crippen LogP contribution in [0.1, 0.15) is 18.9 Å². The summed E-state index contributed by atoms with van der Waals surface area (Å²) >= 11 is 1.25. The van der Waals surface area contributed by atoms with Gasteiger partial charge in [0.1, 0.15) is 5.52 Å². The third kappa shape index (κ3) is 4.02. The molecule has 0 atom stereocenters. The van der Waals surface area contributed by atoms with Crippen molar-refractivity contribution in [3.63, 3.8) is 0 Å². The van der Waals surface area contributed by atoms with Crippen LogP contribution in [-0.2, 0) is 4.79 Å². The third-order valence-corrected chi connectivity index (χ3v) is 4.19. The highest BCUT2D eigenvalue weighted by atomic mass is 32.2. The number of nitrogens with zero attached hydrogens (tertiary/aromatic N) is 2. The van der Waals surface area contributed by atoms with Gasteiger partial charge in [0.05, 0.1) is 11.5 Å². The Balaban J connectivity index is 1.58. The average Bonchev–Trinajstić information content (AvgIpc) is 3.04. The number of oxazole rings is 1. The van der Waals surface area contributed by atoms with Crippen LogP contribution in [0.3, 0.4) is 0 Å². The molecule has 0 aliphatic rings. The lowest BCUT2D eigenvalue weighted by Crippen LogP contribution is -2.21. The summed E-state index contributed by atoms with van der Waals surface area (Å²) in [4.78, 5) is 16.3. The minimum Gasteiger partial charge on any atom is -0.431 e. The Bertz CT molecular complexity index is 826. The first-order chi connectivity index (χ1) is 11.8. The van der Waals surface area contributed by atoms with Crippen molar-refractivity contribution in [1.29, 1.82) is 0 Å². The molecule has 3 aromatic rings. The molecule has 6 heteroatoms. The van der Waals surface area contributed by atoms with Crippen LogP contribution < -0.4 is 5.43 Å². The largest absolute Gasteiger partial charge is 0.431 e. The minimum absolute atomic E-state index is 0.191. The summed E-state index contributed by atoms with van der Waals surface area (Å²) in [5.41, 5.74) is 5.95. The summed E-state index contributed by atoms with van der Waals surface area (Å²) in [6, 6.07) is 17.3. The predicted octanol–water partition coefficient (Wildman–Crippen LogP) is 3.85. The highest BCUT2D eigenvalue weighted by Gasteiger charge is 2.09. The van der Waals surface area contributed by atoms with E-state index in [9.17, 15) is 4.79 Å². The van der Waals surface area contributed by atoms with Crippen LogP contribution in [0.5, 0.6) is 0 Å². The van der Waals surface area contributed by atoms with Gasteiger partial charge in [-0.25, -0.2) is 10.4 Å². The number of nitrogens with one attached hydrogen (secondary N) is 1. The number of para-hydroxylation sites is 2. The van der Waals surface area contributed by atoms with E-state index in [1.165, 1.54) is 11.8 Å². The molecule has 0 spiro atoms. The molecule has 2 aromatic carbocycles. The Morgan fingerprint density at radius 2 is 1.92 bits per heavy atom. The molecule has 0 unspecified atom stereocenters. The molecule has 5 nitrogen and oxygen atoms in total. The Hall–Kier alpha value is -2.60. The number of fused-ring (bicyclic) bond motifs is 1. The van der Waals surface area contributed by atoms with Gasteiger partial charge in [0.15, 0.2) is 5.58 Å². The second-order valence-corrected chi connectivity index (χ2v) is 5.98. The van der Waals surface area contributed by atoms with E-state index in [2.05, 4.69) is 15.5 Å². The summed E-state index contributed by atoms with van der Waals surface area (Å²) < 4.78 is 5.57. The molecular weight excluding hydrogens is 322 g/mol. The van der Waals surface area contributed by atoms with Crippen molar-refractivity contribution in [3.8, 4) is 0 Å². The van der Waals surface area contributed by atoms with Gasteiger partial charge in [0.25, 0.3) is 11.1 Å². The molecule has 1 heterocycles. The number of hydrogen-bond donors (Lipinski definition) is 1. The zero-order chi connectivity index (χ0) is 16.8. The molecule has 1 amide bonds. The zero-order valence-corrected chi connectivity index (χ0v) is 14.0. The van der Waals surface area contributed by atoms with Gasteiger partial charge in [-0.05, 0) is 24.1 Å². The van der Waals surface area contributed by atoms with E-state index in [-0.39, 0.29) is 11.7 Å². The molecule has 0 aliphatic carbocycles. The second-order valence-electron chi connectivity index (χ2n) is 5.05. The lowest BCUT2D eigenvalue weighted by Gasteiger charge is -2.04. The molecule has 0 radical (unpaired) electrons. The quantitative estimate of drug-likeness (QED) is 0.421. The lowest BCUT2D eigenvalue weighted by atomic mass is 10.1. The van der Waals surface area contributed by atoms with E-state index >= 15 is 0 Å². The third-order valence-electron chi connectivity index (χ3n) is 3.36. The standard InChI is InChI=1S/C18H17N3O2S/c1-2-14(13-8-4-3-5-9-13)20-21-17(22)12-24-18-19-15-10-6-7-11-16(15)23-18/h3-11H,2,12H2,1H3,(H,21,22)/b20-14-. The van der Waals surface area contributed by atoms with Gasteiger partial charge < -0.3 is 4.42 Å². The molecule has 1 N–H and O–H groups in total. The zero-order valence-electron chi connectivity index (χ0n) is 13.2. The maximum Gasteiger partial charge on any atom is 0.257 e. The molecule has 0 saturated heterocycles. The highest BCUT2D eigenvalue weighted by molar-refractivity contribution is 7.99. The van der Waals surface area contributed by atoms with Crippen molar-refractivity contribution in [2.45, 2.75) is 18.6 Å². The monoisotopic (exact) mass is 339 g/mol. The number of amides is 1.